The summed E-state index contributed by atoms with van der Waals surface area (Å²) in [6.07, 6.45) is 12.1. The molecule has 1 unspecified atom stereocenters. The van der Waals surface area contributed by atoms with Crippen LogP contribution in [0.15, 0.2) is 121 Å². The van der Waals surface area contributed by atoms with Gasteiger partial charge >= 0.3 is 12.0 Å². The highest BCUT2D eigenvalue weighted by Crippen LogP contribution is 2.43. The van der Waals surface area contributed by atoms with Crippen LogP contribution in [-0.4, -0.2) is 60.7 Å². The molecule has 4 amide bonds. The number of ether oxygens (including phenoxy) is 3. The average molecular weight is 1020 g/mol. The zero-order valence-electron chi connectivity index (χ0n) is 45.1. The predicted molar refractivity (Wildman–Crippen MR) is 300 cm³/mol. The van der Waals surface area contributed by atoms with Gasteiger partial charge in [-0.1, -0.05) is 143 Å². The van der Waals surface area contributed by atoms with E-state index in [1.807, 2.05) is 80.6 Å². The molecule has 1 saturated heterocycles. The lowest BCUT2D eigenvalue weighted by atomic mass is 9.91. The van der Waals surface area contributed by atoms with Gasteiger partial charge in [-0.15, -0.1) is 0 Å². The third kappa shape index (κ3) is 14.0. The minimum absolute atomic E-state index is 0.0409. The monoisotopic (exact) mass is 1020 g/mol. The Morgan fingerprint density at radius 1 is 0.733 bits per heavy atom. The fourth-order valence-electron chi connectivity index (χ4n) is 9.04. The van der Waals surface area contributed by atoms with Crippen molar-refractivity contribution in [3.8, 4) is 23.0 Å². The number of unbranched alkanes of at least 4 members (excludes halogenated alkanes) is 9. The molecule has 0 bridgehead atoms. The van der Waals surface area contributed by atoms with Crippen molar-refractivity contribution in [1.82, 2.24) is 5.01 Å². The SMILES string of the molecule is CCCCCCCCCCCCOc1ccc(C)cc1NC(=O)c1cc(Oc2ccc(NCc3ccc(C)cc3)cc2N(C)C(=O)N2C(=O)C(C)(COC(=O)C(C)(C)C)CN2c2ccccc2)c2ccccc2c1O. The second-order valence-corrected chi connectivity index (χ2v) is 21.2. The summed E-state index contributed by atoms with van der Waals surface area (Å²) in [7, 11) is 1.56. The number of para-hydroxylation sites is 1. The molecule has 13 nitrogen and oxygen atoms in total. The van der Waals surface area contributed by atoms with E-state index in [1.165, 1.54) is 55.9 Å². The van der Waals surface area contributed by atoms with Crippen LogP contribution in [0.1, 0.15) is 126 Å². The molecule has 0 aromatic heterocycles. The largest absolute Gasteiger partial charge is 0.506 e. The van der Waals surface area contributed by atoms with Gasteiger partial charge in [-0.3, -0.25) is 24.3 Å². The number of carbonyl (C=O) groups is 4. The summed E-state index contributed by atoms with van der Waals surface area (Å²) in [5.41, 5.74) is 2.97. The summed E-state index contributed by atoms with van der Waals surface area (Å²) in [6, 6.07) is 36.1. The topological polar surface area (TPSA) is 150 Å². The summed E-state index contributed by atoms with van der Waals surface area (Å²) in [4.78, 5) is 58.6. The standard InChI is InChI=1S/C62H75N5O8/c1-9-10-11-12-13-14-15-16-17-23-36-73-53-34-30-44(3)37-51(53)64-57(69)50-39-55(48-26-21-22-27-49(48)56(50)68)75-54-35-33-46(63-40-45-31-28-43(2)29-32-45)38-52(54)65(8)60(72)67-58(70)62(7,42-74-59(71)61(4,5)6)41-66(67)47-24-19-18-20-25-47/h18-22,24-35,37-39,63,68H,9-17,23,36,40-42H2,1-8H3,(H,64,69). The van der Waals surface area contributed by atoms with E-state index in [0.717, 1.165) is 41.0 Å². The van der Waals surface area contributed by atoms with E-state index in [0.29, 0.717) is 46.7 Å². The van der Waals surface area contributed by atoms with Crippen LogP contribution in [0.3, 0.4) is 0 Å². The van der Waals surface area contributed by atoms with Gasteiger partial charge in [0.2, 0.25) is 0 Å². The van der Waals surface area contributed by atoms with Gasteiger partial charge in [0.05, 0.1) is 41.2 Å². The number of rotatable bonds is 23. The normalized spacial score (nSPS) is 14.5. The molecule has 0 saturated carbocycles. The number of urea groups is 1. The molecule has 0 radical (unpaired) electrons. The van der Waals surface area contributed by atoms with Crippen LogP contribution in [0.5, 0.6) is 23.0 Å². The summed E-state index contributed by atoms with van der Waals surface area (Å²) in [5.74, 6) is -0.850. The van der Waals surface area contributed by atoms with Crippen molar-refractivity contribution in [2.24, 2.45) is 10.8 Å². The Bertz CT molecular complexity index is 2940. The van der Waals surface area contributed by atoms with Crippen molar-refractivity contribution in [3.05, 3.63) is 144 Å². The molecule has 0 aliphatic carbocycles. The Balaban J connectivity index is 1.18. The number of hydrogen-bond acceptors (Lipinski definition) is 10. The van der Waals surface area contributed by atoms with E-state index in [9.17, 15) is 19.5 Å². The lowest BCUT2D eigenvalue weighted by molar-refractivity contribution is -0.157. The summed E-state index contributed by atoms with van der Waals surface area (Å²) in [5, 5.41) is 21.8. The number of hydrazine groups is 1. The molecule has 1 aliphatic rings. The van der Waals surface area contributed by atoms with Crippen molar-refractivity contribution in [2.75, 3.05) is 47.3 Å². The van der Waals surface area contributed by atoms with Crippen LogP contribution < -0.4 is 30.0 Å². The number of phenols is 1. The van der Waals surface area contributed by atoms with Crippen LogP contribution in [0.25, 0.3) is 10.8 Å². The first-order valence-corrected chi connectivity index (χ1v) is 26.5. The van der Waals surface area contributed by atoms with Gasteiger partial charge in [0, 0.05) is 30.1 Å². The fourth-order valence-corrected chi connectivity index (χ4v) is 9.04. The number of carbonyl (C=O) groups excluding carboxylic acids is 4. The maximum atomic E-state index is 15.2. The van der Waals surface area contributed by atoms with Crippen molar-refractivity contribution in [1.29, 1.82) is 0 Å². The Morgan fingerprint density at radius 2 is 1.36 bits per heavy atom. The van der Waals surface area contributed by atoms with Crippen LogP contribution in [-0.2, 0) is 20.9 Å². The predicted octanol–water partition coefficient (Wildman–Crippen LogP) is 14.5. The highest BCUT2D eigenvalue weighted by molar-refractivity contribution is 6.12. The number of aryl methyl sites for hydroxylation is 2. The number of anilines is 4. The second kappa shape index (κ2) is 25.1. The zero-order chi connectivity index (χ0) is 53.7. The molecular formula is C62H75N5O8. The van der Waals surface area contributed by atoms with Gasteiger partial charge < -0.3 is 30.0 Å². The van der Waals surface area contributed by atoms with Crippen LogP contribution >= 0.6 is 0 Å². The number of phenolic OH excluding ortho intramolecular Hbond substituents is 1. The molecule has 1 heterocycles. The molecular weight excluding hydrogens is 943 g/mol. The van der Waals surface area contributed by atoms with Crippen LogP contribution in [0, 0.1) is 24.7 Å². The first-order chi connectivity index (χ1) is 36.0. The number of benzene rings is 6. The van der Waals surface area contributed by atoms with Crippen molar-refractivity contribution in [2.45, 2.75) is 119 Å². The van der Waals surface area contributed by atoms with Gasteiger partial charge in [0.1, 0.15) is 29.3 Å². The van der Waals surface area contributed by atoms with E-state index >= 15 is 4.79 Å². The molecule has 396 valence electrons. The Morgan fingerprint density at radius 3 is 2.04 bits per heavy atom. The molecule has 0 spiro atoms. The van der Waals surface area contributed by atoms with E-state index < -0.39 is 34.6 Å². The van der Waals surface area contributed by atoms with E-state index in [1.54, 1.807) is 88.3 Å². The lowest BCUT2D eigenvalue weighted by Crippen LogP contribution is -2.50. The number of nitrogens with zero attached hydrogens (tertiary/aromatic N) is 3. The van der Waals surface area contributed by atoms with Crippen molar-refractivity contribution < 1.29 is 38.5 Å². The number of hydrogen-bond donors (Lipinski definition) is 3. The Kier molecular flexibility index (Phi) is 18.5. The molecule has 6 aromatic rings. The summed E-state index contributed by atoms with van der Waals surface area (Å²) < 4.78 is 18.8. The molecule has 3 N–H and O–H groups in total. The van der Waals surface area contributed by atoms with Gasteiger partial charge in [-0.2, -0.15) is 5.01 Å². The highest BCUT2D eigenvalue weighted by atomic mass is 16.5. The smallest absolute Gasteiger partial charge is 0.350 e. The number of fused-ring (bicyclic) bond motifs is 1. The van der Waals surface area contributed by atoms with Crippen molar-refractivity contribution >= 4 is 57.3 Å². The number of esters is 1. The third-order valence-corrected chi connectivity index (χ3v) is 13.6. The Hall–Kier alpha value is -7.54. The average Bonchev–Trinajstić information content (AvgIpc) is 3.68. The maximum Gasteiger partial charge on any atom is 0.350 e. The van der Waals surface area contributed by atoms with Crippen LogP contribution in [0.4, 0.5) is 27.5 Å². The van der Waals surface area contributed by atoms with E-state index in [-0.39, 0.29) is 41.7 Å². The zero-order valence-corrected chi connectivity index (χ0v) is 45.1. The number of nitrogens with one attached hydrogen (secondary N) is 2. The molecule has 1 atom stereocenters. The molecule has 1 aliphatic heterocycles. The lowest BCUT2D eigenvalue weighted by Gasteiger charge is -2.32. The first-order valence-electron chi connectivity index (χ1n) is 26.5. The Labute approximate surface area is 443 Å². The van der Waals surface area contributed by atoms with E-state index in [2.05, 4.69) is 17.6 Å². The van der Waals surface area contributed by atoms with Gasteiger partial charge in [-0.05, 0) is 108 Å². The third-order valence-electron chi connectivity index (χ3n) is 13.6. The van der Waals surface area contributed by atoms with Crippen LogP contribution in [0.2, 0.25) is 0 Å². The molecule has 6 aromatic carbocycles. The van der Waals surface area contributed by atoms with Gasteiger partial charge in [0.15, 0.2) is 5.75 Å². The molecule has 1 fully saturated rings. The molecule has 7 rings (SSSR count). The van der Waals surface area contributed by atoms with Crippen molar-refractivity contribution in [3.63, 3.8) is 0 Å². The van der Waals surface area contributed by atoms with Gasteiger partial charge in [-0.25, -0.2) is 4.79 Å². The summed E-state index contributed by atoms with van der Waals surface area (Å²) >= 11 is 0. The second-order valence-electron chi connectivity index (χ2n) is 21.2. The number of imide groups is 1. The number of amides is 4. The van der Waals surface area contributed by atoms with E-state index in [4.69, 9.17) is 14.2 Å². The first kappa shape index (κ1) is 55.2. The summed E-state index contributed by atoms with van der Waals surface area (Å²) in [6.45, 7) is 13.9. The molecule has 13 heteroatoms. The maximum absolute atomic E-state index is 15.2. The highest BCUT2D eigenvalue weighted by Gasteiger charge is 2.53. The van der Waals surface area contributed by atoms with Gasteiger partial charge in [0.25, 0.3) is 11.8 Å². The fraction of sp³-hybridized carbons (Fsp3) is 0.387. The minimum atomic E-state index is -1.29. The molecule has 75 heavy (non-hydrogen) atoms. The minimum Gasteiger partial charge on any atom is -0.506 e. The number of aromatic hydroxyl groups is 1. The quantitative estimate of drug-likeness (QED) is 0.0418.